The molecule has 2 aromatic rings. The predicted molar refractivity (Wildman–Crippen MR) is 142 cm³/mol. The molecule has 1 saturated carbocycles. The SMILES string of the molecule is CCOC(=O)c1cccc(N(Cc2ccc(C(OS(C)(=O)=O)C(=O)OCC)cc2)C(=O)C2CCCCC2)c1. The van der Waals surface area contributed by atoms with Crippen LogP contribution in [0.15, 0.2) is 48.5 Å². The van der Waals surface area contributed by atoms with Gasteiger partial charge >= 0.3 is 11.9 Å². The Bertz CT molecular complexity index is 1220. The van der Waals surface area contributed by atoms with E-state index in [1.54, 1.807) is 67.3 Å². The van der Waals surface area contributed by atoms with Crippen LogP contribution in [0.2, 0.25) is 0 Å². The van der Waals surface area contributed by atoms with Crippen LogP contribution in [0.25, 0.3) is 0 Å². The monoisotopic (exact) mass is 545 g/mol. The van der Waals surface area contributed by atoms with Gasteiger partial charge in [0.1, 0.15) is 0 Å². The Labute approximate surface area is 224 Å². The molecule has 1 unspecified atom stereocenters. The Morgan fingerprint density at radius 2 is 1.61 bits per heavy atom. The fourth-order valence-electron chi connectivity index (χ4n) is 4.49. The molecular weight excluding hydrogens is 510 g/mol. The molecule has 2 aromatic carbocycles. The van der Waals surface area contributed by atoms with Crippen LogP contribution >= 0.6 is 0 Å². The first-order valence-corrected chi connectivity index (χ1v) is 14.7. The number of anilines is 1. The third kappa shape index (κ3) is 8.13. The van der Waals surface area contributed by atoms with Crippen molar-refractivity contribution >= 4 is 33.7 Å². The minimum atomic E-state index is -3.93. The summed E-state index contributed by atoms with van der Waals surface area (Å²) in [6, 6.07) is 13.4. The van der Waals surface area contributed by atoms with Crippen LogP contribution in [0.4, 0.5) is 5.69 Å². The summed E-state index contributed by atoms with van der Waals surface area (Å²) in [5.74, 6) is -1.39. The van der Waals surface area contributed by atoms with Crippen LogP contribution < -0.4 is 4.90 Å². The molecule has 1 aliphatic carbocycles. The summed E-state index contributed by atoms with van der Waals surface area (Å²) in [5, 5.41) is 0. The Morgan fingerprint density at radius 1 is 0.947 bits per heavy atom. The first-order valence-electron chi connectivity index (χ1n) is 12.8. The largest absolute Gasteiger partial charge is 0.464 e. The Hall–Kier alpha value is -3.24. The molecule has 0 aliphatic heterocycles. The first kappa shape index (κ1) is 29.3. The van der Waals surface area contributed by atoms with Gasteiger partial charge in [0.2, 0.25) is 5.91 Å². The van der Waals surface area contributed by atoms with E-state index in [0.29, 0.717) is 16.8 Å². The molecule has 1 fully saturated rings. The van der Waals surface area contributed by atoms with E-state index >= 15 is 0 Å². The van der Waals surface area contributed by atoms with E-state index in [4.69, 9.17) is 13.7 Å². The molecular formula is C28H35NO8S. The smallest absolute Gasteiger partial charge is 0.341 e. The quantitative estimate of drug-likeness (QED) is 0.298. The van der Waals surface area contributed by atoms with Gasteiger partial charge in [-0.2, -0.15) is 8.42 Å². The number of benzene rings is 2. The number of nitrogens with zero attached hydrogens (tertiary/aromatic N) is 1. The number of hydrogen-bond acceptors (Lipinski definition) is 8. The lowest BCUT2D eigenvalue weighted by Crippen LogP contribution is -2.36. The summed E-state index contributed by atoms with van der Waals surface area (Å²) in [6.07, 6.45) is 4.17. The fraction of sp³-hybridized carbons (Fsp3) is 0.464. The van der Waals surface area contributed by atoms with Crippen LogP contribution in [-0.2, 0) is 39.9 Å². The third-order valence-corrected chi connectivity index (χ3v) is 6.83. The Kier molecular flexibility index (Phi) is 10.4. The number of hydrogen-bond donors (Lipinski definition) is 0. The van der Waals surface area contributed by atoms with Crippen molar-refractivity contribution in [3.8, 4) is 0 Å². The summed E-state index contributed by atoms with van der Waals surface area (Å²) in [4.78, 5) is 40.0. The van der Waals surface area contributed by atoms with Gasteiger partial charge in [0, 0.05) is 11.6 Å². The third-order valence-electron chi connectivity index (χ3n) is 6.28. The highest BCUT2D eigenvalue weighted by Crippen LogP contribution is 2.30. The van der Waals surface area contributed by atoms with Gasteiger partial charge in [-0.3, -0.25) is 8.98 Å². The van der Waals surface area contributed by atoms with Gasteiger partial charge in [0.25, 0.3) is 10.1 Å². The average molecular weight is 546 g/mol. The molecule has 38 heavy (non-hydrogen) atoms. The van der Waals surface area contributed by atoms with Gasteiger partial charge in [-0.15, -0.1) is 0 Å². The Morgan fingerprint density at radius 3 is 2.21 bits per heavy atom. The van der Waals surface area contributed by atoms with Gasteiger partial charge in [0.15, 0.2) is 6.10 Å². The topological polar surface area (TPSA) is 116 Å². The van der Waals surface area contributed by atoms with Crippen LogP contribution in [0.1, 0.15) is 73.5 Å². The number of esters is 2. The van der Waals surface area contributed by atoms with Gasteiger partial charge in [0.05, 0.1) is 31.6 Å². The number of amides is 1. The fourth-order valence-corrected chi connectivity index (χ4v) is 5.02. The van der Waals surface area contributed by atoms with Gasteiger partial charge in [-0.25, -0.2) is 9.59 Å². The minimum Gasteiger partial charge on any atom is -0.464 e. The van der Waals surface area contributed by atoms with E-state index in [2.05, 4.69) is 0 Å². The highest BCUT2D eigenvalue weighted by molar-refractivity contribution is 7.86. The normalized spacial score (nSPS) is 14.9. The molecule has 1 atom stereocenters. The van der Waals surface area contributed by atoms with Crippen LogP contribution in [0.5, 0.6) is 0 Å². The first-order chi connectivity index (χ1) is 18.1. The zero-order chi connectivity index (χ0) is 27.7. The maximum absolute atomic E-state index is 13.7. The van der Waals surface area contributed by atoms with E-state index in [0.717, 1.165) is 43.9 Å². The molecule has 0 heterocycles. The lowest BCUT2D eigenvalue weighted by atomic mass is 9.88. The number of carbonyl (C=O) groups is 3. The molecule has 0 aromatic heterocycles. The standard InChI is InChI=1S/C28H35NO8S/c1-4-35-27(31)23-12-9-13-24(18-23)29(26(30)22-10-7-6-8-11-22)19-20-14-16-21(17-15-20)25(28(32)36-5-2)37-38(3,33)34/h9,12-18,22,25H,4-8,10-11,19H2,1-3H3. The number of carbonyl (C=O) groups excluding carboxylic acids is 3. The van der Waals surface area contributed by atoms with E-state index in [9.17, 15) is 22.8 Å². The molecule has 10 heteroatoms. The highest BCUT2D eigenvalue weighted by Gasteiger charge is 2.29. The minimum absolute atomic E-state index is 0.0143. The average Bonchev–Trinajstić information content (AvgIpc) is 2.91. The highest BCUT2D eigenvalue weighted by atomic mass is 32.2. The molecule has 0 N–H and O–H groups in total. The summed E-state index contributed by atoms with van der Waals surface area (Å²) in [5.41, 5.74) is 2.00. The molecule has 9 nitrogen and oxygen atoms in total. The second-order valence-corrected chi connectivity index (χ2v) is 10.8. The summed E-state index contributed by atoms with van der Waals surface area (Å²) in [6.45, 7) is 3.89. The van der Waals surface area contributed by atoms with Crippen LogP contribution in [0, 0.1) is 5.92 Å². The lowest BCUT2D eigenvalue weighted by Gasteiger charge is -2.30. The summed E-state index contributed by atoms with van der Waals surface area (Å²) in [7, 11) is -3.93. The molecule has 0 spiro atoms. The van der Waals surface area contributed by atoms with Crippen molar-refractivity contribution in [3.63, 3.8) is 0 Å². The summed E-state index contributed by atoms with van der Waals surface area (Å²) < 4.78 is 38.6. The van der Waals surface area contributed by atoms with Crippen molar-refractivity contribution in [2.24, 2.45) is 5.92 Å². The molecule has 0 saturated heterocycles. The maximum Gasteiger partial charge on any atom is 0.341 e. The van der Waals surface area contributed by atoms with Crippen molar-refractivity contribution in [2.45, 2.75) is 58.6 Å². The predicted octanol–water partition coefficient (Wildman–Crippen LogP) is 4.56. The second kappa shape index (κ2) is 13.5. The van der Waals surface area contributed by atoms with Crippen molar-refractivity contribution in [2.75, 3.05) is 24.4 Å². The van der Waals surface area contributed by atoms with Crippen molar-refractivity contribution < 1.29 is 36.5 Å². The maximum atomic E-state index is 13.7. The van der Waals surface area contributed by atoms with Crippen molar-refractivity contribution in [1.82, 2.24) is 0 Å². The number of ether oxygens (including phenoxy) is 2. The molecule has 1 aliphatic rings. The molecule has 0 bridgehead atoms. The van der Waals surface area contributed by atoms with Crippen LogP contribution in [-0.4, -0.2) is 45.7 Å². The molecule has 206 valence electrons. The lowest BCUT2D eigenvalue weighted by molar-refractivity contribution is -0.151. The van der Waals surface area contributed by atoms with Gasteiger partial charge in [-0.1, -0.05) is 49.6 Å². The van der Waals surface area contributed by atoms with Crippen molar-refractivity contribution in [1.29, 1.82) is 0 Å². The second-order valence-electron chi connectivity index (χ2n) is 9.20. The molecule has 1 amide bonds. The van der Waals surface area contributed by atoms with Crippen molar-refractivity contribution in [3.05, 3.63) is 65.2 Å². The number of rotatable bonds is 11. The van der Waals surface area contributed by atoms with E-state index < -0.39 is 28.2 Å². The van der Waals surface area contributed by atoms with Crippen LogP contribution in [0.3, 0.4) is 0 Å². The Balaban J connectivity index is 1.91. The van der Waals surface area contributed by atoms with E-state index in [1.807, 2.05) is 0 Å². The van der Waals surface area contributed by atoms with E-state index in [1.165, 1.54) is 0 Å². The zero-order valence-electron chi connectivity index (χ0n) is 22.1. The molecule has 0 radical (unpaired) electrons. The molecule has 3 rings (SSSR count). The van der Waals surface area contributed by atoms with Gasteiger partial charge < -0.3 is 14.4 Å². The zero-order valence-corrected chi connectivity index (χ0v) is 22.9. The van der Waals surface area contributed by atoms with E-state index in [-0.39, 0.29) is 31.6 Å². The van der Waals surface area contributed by atoms with Gasteiger partial charge in [-0.05, 0) is 56.0 Å². The summed E-state index contributed by atoms with van der Waals surface area (Å²) >= 11 is 0.